The average Bonchev–Trinajstić information content (AvgIpc) is 3.05. The predicted molar refractivity (Wildman–Crippen MR) is 112 cm³/mol. The summed E-state index contributed by atoms with van der Waals surface area (Å²) in [6.45, 7) is 3.41. The topological polar surface area (TPSA) is 89.5 Å². The number of benzene rings is 2. The molecule has 2 aromatic carbocycles. The Hall–Kier alpha value is -2.78. The molecule has 0 amide bonds. The van der Waals surface area contributed by atoms with Gasteiger partial charge in [-0.3, -0.25) is 0 Å². The van der Waals surface area contributed by atoms with E-state index in [2.05, 4.69) is 0 Å². The van der Waals surface area contributed by atoms with Crippen LogP contribution in [0.25, 0.3) is 0 Å². The number of hydrogen-bond acceptors (Lipinski definition) is 8. The Morgan fingerprint density at radius 1 is 0.781 bits per heavy atom. The fourth-order valence-electron chi connectivity index (χ4n) is 3.71. The molecule has 0 aromatic heterocycles. The Morgan fingerprint density at radius 2 is 1.19 bits per heavy atom. The summed E-state index contributed by atoms with van der Waals surface area (Å²) in [5, 5.41) is 0. The van der Waals surface area contributed by atoms with E-state index in [0.717, 1.165) is 0 Å². The van der Waals surface area contributed by atoms with E-state index in [1.54, 1.807) is 62.4 Å². The van der Waals surface area contributed by atoms with Crippen molar-refractivity contribution in [3.8, 4) is 0 Å². The normalized spacial score (nSPS) is 26.6. The zero-order valence-electron chi connectivity index (χ0n) is 18.0. The van der Waals surface area contributed by atoms with Crippen LogP contribution < -0.4 is 0 Å². The standard InChI is InChI=1S/C24H26O8/c1-24(2)31-20-18(13-27-22(25)16-9-5-3-6-10-16)29-15-30-19(21(20)32-24)14-28-23(26)17-11-7-4-8-12-17/h3-12,18-21H,13-15H2,1-2H3/t18-,19+,20+,21-. The van der Waals surface area contributed by atoms with E-state index in [1.165, 1.54) is 0 Å². The fraction of sp³-hybridized carbons (Fsp3) is 0.417. The summed E-state index contributed by atoms with van der Waals surface area (Å²) in [5.41, 5.74) is 0.895. The van der Waals surface area contributed by atoms with Gasteiger partial charge < -0.3 is 28.4 Å². The molecule has 0 spiro atoms. The zero-order valence-corrected chi connectivity index (χ0v) is 18.0. The number of rotatable bonds is 6. The van der Waals surface area contributed by atoms with Crippen LogP contribution in [0.4, 0.5) is 0 Å². The molecule has 0 radical (unpaired) electrons. The molecule has 2 aromatic rings. The fourth-order valence-corrected chi connectivity index (χ4v) is 3.71. The second-order valence-corrected chi connectivity index (χ2v) is 8.02. The van der Waals surface area contributed by atoms with Crippen molar-refractivity contribution in [3.05, 3.63) is 71.8 Å². The third-order valence-electron chi connectivity index (χ3n) is 5.24. The van der Waals surface area contributed by atoms with E-state index < -0.39 is 42.1 Å². The molecule has 2 aliphatic rings. The van der Waals surface area contributed by atoms with Crippen molar-refractivity contribution in [3.63, 3.8) is 0 Å². The highest BCUT2D eigenvalue weighted by Gasteiger charge is 2.51. The van der Waals surface area contributed by atoms with Crippen LogP contribution >= 0.6 is 0 Å². The van der Waals surface area contributed by atoms with Gasteiger partial charge in [0.1, 0.15) is 44.4 Å². The highest BCUT2D eigenvalue weighted by atomic mass is 16.8. The van der Waals surface area contributed by atoms with Crippen LogP contribution in [0, 0.1) is 0 Å². The summed E-state index contributed by atoms with van der Waals surface area (Å²) < 4.78 is 34.5. The molecule has 4 atom stereocenters. The largest absolute Gasteiger partial charge is 0.459 e. The molecule has 8 nitrogen and oxygen atoms in total. The van der Waals surface area contributed by atoms with Crippen LogP contribution in [0.1, 0.15) is 34.6 Å². The average molecular weight is 442 g/mol. The lowest BCUT2D eigenvalue weighted by atomic mass is 10.0. The van der Waals surface area contributed by atoms with Gasteiger partial charge in [0.25, 0.3) is 0 Å². The van der Waals surface area contributed by atoms with E-state index in [-0.39, 0.29) is 20.0 Å². The third kappa shape index (κ3) is 5.34. The zero-order chi connectivity index (χ0) is 22.6. The molecule has 2 aliphatic heterocycles. The van der Waals surface area contributed by atoms with Gasteiger partial charge in [0.05, 0.1) is 11.1 Å². The van der Waals surface area contributed by atoms with Gasteiger partial charge in [-0.15, -0.1) is 0 Å². The first-order valence-corrected chi connectivity index (χ1v) is 10.5. The monoisotopic (exact) mass is 442 g/mol. The van der Waals surface area contributed by atoms with Gasteiger partial charge >= 0.3 is 11.9 Å². The Labute approximate surface area is 186 Å². The van der Waals surface area contributed by atoms with Gasteiger partial charge in [-0.1, -0.05) is 36.4 Å². The Bertz CT molecular complexity index is 841. The summed E-state index contributed by atoms with van der Waals surface area (Å²) in [7, 11) is 0. The molecule has 8 heteroatoms. The maximum atomic E-state index is 12.3. The third-order valence-corrected chi connectivity index (χ3v) is 5.24. The lowest BCUT2D eigenvalue weighted by Gasteiger charge is -2.24. The maximum absolute atomic E-state index is 12.3. The molecule has 2 heterocycles. The summed E-state index contributed by atoms with van der Waals surface area (Å²) in [5.74, 6) is -1.81. The molecule has 0 saturated carbocycles. The van der Waals surface area contributed by atoms with Gasteiger partial charge in [0, 0.05) is 0 Å². The number of fused-ring (bicyclic) bond motifs is 1. The first kappa shape index (κ1) is 22.4. The molecular formula is C24H26O8. The van der Waals surface area contributed by atoms with Crippen molar-refractivity contribution in [1.29, 1.82) is 0 Å². The van der Waals surface area contributed by atoms with Gasteiger partial charge in [0.15, 0.2) is 5.79 Å². The molecule has 170 valence electrons. The highest BCUT2D eigenvalue weighted by molar-refractivity contribution is 5.89. The summed E-state index contributed by atoms with van der Waals surface area (Å²) in [6.07, 6.45) is -2.36. The second kappa shape index (κ2) is 9.79. The van der Waals surface area contributed by atoms with Crippen molar-refractivity contribution in [1.82, 2.24) is 0 Å². The Morgan fingerprint density at radius 3 is 1.59 bits per heavy atom. The van der Waals surface area contributed by atoms with E-state index in [4.69, 9.17) is 28.4 Å². The van der Waals surface area contributed by atoms with Crippen LogP contribution in [-0.2, 0) is 28.4 Å². The van der Waals surface area contributed by atoms with Crippen LogP contribution in [0.3, 0.4) is 0 Å². The second-order valence-electron chi connectivity index (χ2n) is 8.02. The molecule has 2 saturated heterocycles. The number of carbonyl (C=O) groups is 2. The quantitative estimate of drug-likeness (QED) is 0.631. The number of esters is 2. The van der Waals surface area contributed by atoms with Crippen LogP contribution in [0.5, 0.6) is 0 Å². The lowest BCUT2D eigenvalue weighted by molar-refractivity contribution is -0.201. The van der Waals surface area contributed by atoms with Crippen molar-refractivity contribution < 1.29 is 38.0 Å². The van der Waals surface area contributed by atoms with E-state index in [1.807, 2.05) is 12.1 Å². The molecule has 0 N–H and O–H groups in total. The van der Waals surface area contributed by atoms with Gasteiger partial charge in [-0.2, -0.15) is 0 Å². The highest BCUT2D eigenvalue weighted by Crippen LogP contribution is 2.35. The van der Waals surface area contributed by atoms with Crippen molar-refractivity contribution in [2.75, 3.05) is 20.0 Å². The number of ether oxygens (including phenoxy) is 6. The molecular weight excluding hydrogens is 416 g/mol. The number of carbonyl (C=O) groups excluding carboxylic acids is 2. The molecule has 0 bridgehead atoms. The molecule has 0 aliphatic carbocycles. The van der Waals surface area contributed by atoms with Gasteiger partial charge in [-0.25, -0.2) is 9.59 Å². The Balaban J connectivity index is 1.40. The van der Waals surface area contributed by atoms with E-state index in [9.17, 15) is 9.59 Å². The van der Waals surface area contributed by atoms with Gasteiger partial charge in [-0.05, 0) is 38.1 Å². The smallest absolute Gasteiger partial charge is 0.338 e. The van der Waals surface area contributed by atoms with Crippen LogP contribution in [-0.4, -0.2) is 62.1 Å². The van der Waals surface area contributed by atoms with Gasteiger partial charge in [0.2, 0.25) is 0 Å². The summed E-state index contributed by atoms with van der Waals surface area (Å²) in [4.78, 5) is 24.7. The minimum absolute atomic E-state index is 0.0335. The van der Waals surface area contributed by atoms with Crippen molar-refractivity contribution in [2.45, 2.75) is 44.1 Å². The lowest BCUT2D eigenvalue weighted by Crippen LogP contribution is -2.45. The molecule has 32 heavy (non-hydrogen) atoms. The van der Waals surface area contributed by atoms with Crippen molar-refractivity contribution >= 4 is 11.9 Å². The maximum Gasteiger partial charge on any atom is 0.338 e. The number of hydrogen-bond donors (Lipinski definition) is 0. The predicted octanol–water partition coefficient (Wildman–Crippen LogP) is 2.96. The summed E-state index contributed by atoms with van der Waals surface area (Å²) in [6, 6.07) is 17.4. The summed E-state index contributed by atoms with van der Waals surface area (Å²) >= 11 is 0. The van der Waals surface area contributed by atoms with E-state index >= 15 is 0 Å². The molecule has 2 fully saturated rings. The van der Waals surface area contributed by atoms with Crippen LogP contribution in [0.15, 0.2) is 60.7 Å². The van der Waals surface area contributed by atoms with E-state index in [0.29, 0.717) is 11.1 Å². The minimum atomic E-state index is -0.900. The van der Waals surface area contributed by atoms with Crippen LogP contribution in [0.2, 0.25) is 0 Å². The SMILES string of the molecule is CC1(C)O[C@@H]2[C@H](O1)[C@H](COC(=O)c1ccccc1)OCO[C@@H]2COC(=O)c1ccccc1. The first-order chi connectivity index (χ1) is 15.4. The first-order valence-electron chi connectivity index (χ1n) is 10.5. The molecule has 0 unspecified atom stereocenters. The van der Waals surface area contributed by atoms with Crippen molar-refractivity contribution in [2.24, 2.45) is 0 Å². The molecule has 4 rings (SSSR count). The Kier molecular flexibility index (Phi) is 6.86. The minimum Gasteiger partial charge on any atom is -0.459 e.